The largest absolute Gasteiger partial charge is 0.480 e. The van der Waals surface area contributed by atoms with Crippen LogP contribution in [0.4, 0.5) is 4.79 Å². The zero-order valence-electron chi connectivity index (χ0n) is 12.3. The number of nitrogens with one attached hydrogen (secondary N) is 3. The van der Waals surface area contributed by atoms with Gasteiger partial charge in [-0.3, -0.25) is 0 Å². The third kappa shape index (κ3) is 4.47. The zero-order chi connectivity index (χ0) is 15.5. The summed E-state index contributed by atoms with van der Waals surface area (Å²) in [6.45, 7) is 4.34. The number of carboxylic acids is 1. The second-order valence-electron chi connectivity index (χ2n) is 6.39. The summed E-state index contributed by atoms with van der Waals surface area (Å²) in [5.41, 5.74) is 0.907. The molecule has 1 aromatic heterocycles. The molecule has 21 heavy (non-hydrogen) atoms. The van der Waals surface area contributed by atoms with Gasteiger partial charge >= 0.3 is 12.0 Å². The molecule has 4 N–H and O–H groups in total. The summed E-state index contributed by atoms with van der Waals surface area (Å²) in [4.78, 5) is 29.8. The van der Waals surface area contributed by atoms with Gasteiger partial charge < -0.3 is 20.7 Å². The van der Waals surface area contributed by atoms with E-state index in [1.54, 1.807) is 6.20 Å². The van der Waals surface area contributed by atoms with Crippen LogP contribution in [-0.2, 0) is 11.2 Å². The molecule has 2 rings (SSSR count). The van der Waals surface area contributed by atoms with Crippen LogP contribution in [0.15, 0.2) is 12.5 Å². The van der Waals surface area contributed by atoms with Crippen LogP contribution >= 0.6 is 0 Å². The van der Waals surface area contributed by atoms with Gasteiger partial charge in [-0.15, -0.1) is 0 Å². The fourth-order valence-electron chi connectivity index (χ4n) is 2.76. The number of aromatic amines is 1. The lowest BCUT2D eigenvalue weighted by molar-refractivity contribution is -0.139. The summed E-state index contributed by atoms with van der Waals surface area (Å²) < 4.78 is 0. The van der Waals surface area contributed by atoms with Crippen molar-refractivity contribution in [2.45, 2.75) is 51.6 Å². The number of H-pyrrole nitrogens is 1. The SMILES string of the molecule is CC1(C)CCC(NC(=O)N[C@@H](Cc2cnc[nH]2)C(=O)O)C1. The van der Waals surface area contributed by atoms with Crippen LogP contribution in [-0.4, -0.2) is 39.2 Å². The van der Waals surface area contributed by atoms with Crippen molar-refractivity contribution in [1.82, 2.24) is 20.6 Å². The Labute approximate surface area is 123 Å². The van der Waals surface area contributed by atoms with E-state index in [1.165, 1.54) is 6.33 Å². The van der Waals surface area contributed by atoms with Gasteiger partial charge in [-0.2, -0.15) is 0 Å². The smallest absolute Gasteiger partial charge is 0.326 e. The third-order valence-corrected chi connectivity index (χ3v) is 3.89. The van der Waals surface area contributed by atoms with Gasteiger partial charge in [0.1, 0.15) is 6.04 Å². The highest BCUT2D eigenvalue weighted by atomic mass is 16.4. The number of hydrogen-bond acceptors (Lipinski definition) is 3. The molecule has 7 nitrogen and oxygen atoms in total. The molecular weight excluding hydrogens is 272 g/mol. The van der Waals surface area contributed by atoms with Gasteiger partial charge in [-0.05, 0) is 24.7 Å². The van der Waals surface area contributed by atoms with Crippen LogP contribution in [0.25, 0.3) is 0 Å². The summed E-state index contributed by atoms with van der Waals surface area (Å²) in [6, 6.07) is -1.29. The van der Waals surface area contributed by atoms with Gasteiger partial charge in [0.25, 0.3) is 0 Å². The Morgan fingerprint density at radius 2 is 2.33 bits per heavy atom. The second kappa shape index (κ2) is 6.15. The molecule has 0 radical (unpaired) electrons. The minimum Gasteiger partial charge on any atom is -0.480 e. The number of carbonyl (C=O) groups excluding carboxylic acids is 1. The molecule has 1 aliphatic carbocycles. The number of nitrogens with zero attached hydrogens (tertiary/aromatic N) is 1. The van der Waals surface area contributed by atoms with Crippen LogP contribution < -0.4 is 10.6 Å². The number of urea groups is 1. The molecule has 7 heteroatoms. The number of rotatable bonds is 5. The average Bonchev–Trinajstić information content (AvgIpc) is 2.98. The van der Waals surface area contributed by atoms with E-state index >= 15 is 0 Å². The van der Waals surface area contributed by atoms with Crippen LogP contribution in [0.2, 0.25) is 0 Å². The summed E-state index contributed by atoms with van der Waals surface area (Å²) in [5.74, 6) is -1.06. The summed E-state index contributed by atoms with van der Waals surface area (Å²) in [7, 11) is 0. The molecule has 2 atom stereocenters. The van der Waals surface area contributed by atoms with Gasteiger partial charge in [-0.25, -0.2) is 14.6 Å². The van der Waals surface area contributed by atoms with E-state index in [0.717, 1.165) is 19.3 Å². The highest BCUT2D eigenvalue weighted by Crippen LogP contribution is 2.36. The summed E-state index contributed by atoms with van der Waals surface area (Å²) in [6.07, 6.45) is 6.12. The van der Waals surface area contributed by atoms with Gasteiger partial charge in [0.15, 0.2) is 0 Å². The number of aromatic nitrogens is 2. The molecule has 0 saturated heterocycles. The van der Waals surface area contributed by atoms with Crippen molar-refractivity contribution >= 4 is 12.0 Å². The van der Waals surface area contributed by atoms with Crippen LogP contribution in [0.3, 0.4) is 0 Å². The normalized spacial score (nSPS) is 21.7. The minimum absolute atomic E-state index is 0.113. The Kier molecular flexibility index (Phi) is 4.50. The number of hydrogen-bond donors (Lipinski definition) is 4. The van der Waals surface area contributed by atoms with Crippen molar-refractivity contribution in [1.29, 1.82) is 0 Å². The van der Waals surface area contributed by atoms with Gasteiger partial charge in [0.05, 0.1) is 6.33 Å². The van der Waals surface area contributed by atoms with E-state index in [1.807, 2.05) is 0 Å². The number of carbonyl (C=O) groups is 2. The lowest BCUT2D eigenvalue weighted by atomic mass is 9.92. The Morgan fingerprint density at radius 3 is 2.86 bits per heavy atom. The molecule has 0 aromatic carbocycles. The first kappa shape index (κ1) is 15.3. The minimum atomic E-state index is -1.06. The zero-order valence-corrected chi connectivity index (χ0v) is 12.3. The highest BCUT2D eigenvalue weighted by molar-refractivity contribution is 5.82. The van der Waals surface area contributed by atoms with E-state index in [-0.39, 0.29) is 17.9 Å². The molecule has 1 heterocycles. The second-order valence-corrected chi connectivity index (χ2v) is 6.39. The van der Waals surface area contributed by atoms with E-state index in [9.17, 15) is 14.7 Å². The van der Waals surface area contributed by atoms with E-state index < -0.39 is 18.0 Å². The molecule has 0 aliphatic heterocycles. The predicted octanol–water partition coefficient (Wildman–Crippen LogP) is 1.28. The van der Waals surface area contributed by atoms with Crippen LogP contribution in [0.1, 0.15) is 38.8 Å². The molecule has 116 valence electrons. The topological polar surface area (TPSA) is 107 Å². The third-order valence-electron chi connectivity index (χ3n) is 3.89. The fraction of sp³-hybridized carbons (Fsp3) is 0.643. The van der Waals surface area contributed by atoms with E-state index in [2.05, 4.69) is 34.4 Å². The Hall–Kier alpha value is -2.05. The number of imidazole rings is 1. The Balaban J connectivity index is 1.85. The van der Waals surface area contributed by atoms with Crippen molar-refractivity contribution in [2.75, 3.05) is 0 Å². The Bertz CT molecular complexity index is 498. The first-order valence-corrected chi connectivity index (χ1v) is 7.13. The lowest BCUT2D eigenvalue weighted by Gasteiger charge is -2.19. The molecule has 2 amide bonds. The fourth-order valence-corrected chi connectivity index (χ4v) is 2.76. The Morgan fingerprint density at radius 1 is 1.57 bits per heavy atom. The number of carboxylic acid groups (broad SMARTS) is 1. The predicted molar refractivity (Wildman–Crippen MR) is 76.8 cm³/mol. The molecule has 1 saturated carbocycles. The highest BCUT2D eigenvalue weighted by Gasteiger charge is 2.32. The molecular formula is C14H22N4O3. The lowest BCUT2D eigenvalue weighted by Crippen LogP contribution is -2.49. The monoisotopic (exact) mass is 294 g/mol. The van der Waals surface area contributed by atoms with Crippen LogP contribution in [0, 0.1) is 5.41 Å². The van der Waals surface area contributed by atoms with E-state index in [4.69, 9.17) is 0 Å². The average molecular weight is 294 g/mol. The van der Waals surface area contributed by atoms with E-state index in [0.29, 0.717) is 5.69 Å². The molecule has 1 fully saturated rings. The van der Waals surface area contributed by atoms with Gasteiger partial charge in [0.2, 0.25) is 0 Å². The molecule has 1 aliphatic rings. The maximum Gasteiger partial charge on any atom is 0.326 e. The van der Waals surface area contributed by atoms with Crippen molar-refractivity contribution < 1.29 is 14.7 Å². The maximum absolute atomic E-state index is 11.9. The summed E-state index contributed by atoms with van der Waals surface area (Å²) in [5, 5.41) is 14.6. The van der Waals surface area contributed by atoms with Gasteiger partial charge in [-0.1, -0.05) is 13.8 Å². The van der Waals surface area contributed by atoms with Crippen molar-refractivity contribution in [3.8, 4) is 0 Å². The summed E-state index contributed by atoms with van der Waals surface area (Å²) >= 11 is 0. The molecule has 0 bridgehead atoms. The first-order valence-electron chi connectivity index (χ1n) is 7.13. The molecule has 0 spiro atoms. The maximum atomic E-state index is 11.9. The van der Waals surface area contributed by atoms with Crippen molar-refractivity contribution in [3.63, 3.8) is 0 Å². The molecule has 1 unspecified atom stereocenters. The van der Waals surface area contributed by atoms with Crippen molar-refractivity contribution in [3.05, 3.63) is 18.2 Å². The number of aliphatic carboxylic acids is 1. The van der Waals surface area contributed by atoms with Crippen LogP contribution in [0.5, 0.6) is 0 Å². The molecule has 1 aromatic rings. The number of amides is 2. The first-order chi connectivity index (χ1) is 9.85. The van der Waals surface area contributed by atoms with Crippen molar-refractivity contribution in [2.24, 2.45) is 5.41 Å². The van der Waals surface area contributed by atoms with Gasteiger partial charge in [0, 0.05) is 24.4 Å². The quantitative estimate of drug-likeness (QED) is 0.656. The standard InChI is InChI=1S/C14H22N4O3/c1-14(2)4-3-9(6-14)17-13(21)18-11(12(19)20)5-10-7-15-8-16-10/h7-9,11H,3-6H2,1-2H3,(H,15,16)(H,19,20)(H2,17,18,21)/t9?,11-/m0/s1.